The van der Waals surface area contributed by atoms with Crippen molar-refractivity contribution in [2.75, 3.05) is 26.4 Å². The van der Waals surface area contributed by atoms with E-state index in [9.17, 15) is 4.39 Å². The van der Waals surface area contributed by atoms with Crippen LogP contribution in [0.15, 0.2) is 0 Å². The molecule has 0 fully saturated rings. The normalized spacial score (nSPS) is 13.2. The Morgan fingerprint density at radius 1 is 1.07 bits per heavy atom. The maximum absolute atomic E-state index is 12.2. The molecular formula is C11H24FNO2. The van der Waals surface area contributed by atoms with Gasteiger partial charge in [-0.3, -0.25) is 4.39 Å². The second kappa shape index (κ2) is 6.40. The molecule has 0 spiro atoms. The van der Waals surface area contributed by atoms with Gasteiger partial charge in [-0.25, -0.2) is 0 Å². The first-order chi connectivity index (χ1) is 6.83. The lowest BCUT2D eigenvalue weighted by Crippen LogP contribution is -2.37. The van der Waals surface area contributed by atoms with Gasteiger partial charge < -0.3 is 15.2 Å². The lowest BCUT2D eigenvalue weighted by molar-refractivity contribution is -0.121. The molecule has 0 aliphatic rings. The van der Waals surface area contributed by atoms with E-state index in [1.165, 1.54) is 0 Å². The smallest absolute Gasteiger partial charge is 0.0921 e. The molecule has 0 saturated carbocycles. The van der Waals surface area contributed by atoms with Crippen molar-refractivity contribution >= 4 is 0 Å². The minimum Gasteiger partial charge on any atom is -0.373 e. The van der Waals surface area contributed by atoms with Crippen LogP contribution in [0.2, 0.25) is 0 Å². The van der Waals surface area contributed by atoms with Crippen LogP contribution in [0.1, 0.15) is 34.1 Å². The second-order valence-electron chi connectivity index (χ2n) is 4.88. The zero-order chi connectivity index (χ0) is 11.9. The lowest BCUT2D eigenvalue weighted by atomic mass is 10.1. The minimum absolute atomic E-state index is 0.364. The number of alkyl halides is 1. The zero-order valence-corrected chi connectivity index (χ0v) is 10.3. The number of hydrogen-bond donors (Lipinski definition) is 1. The fourth-order valence-corrected chi connectivity index (χ4v) is 1.05. The Bertz CT molecular complexity index is 172. The van der Waals surface area contributed by atoms with E-state index in [2.05, 4.69) is 0 Å². The molecule has 0 bridgehead atoms. The molecule has 15 heavy (non-hydrogen) atoms. The molecule has 0 amide bonds. The van der Waals surface area contributed by atoms with Crippen molar-refractivity contribution in [2.45, 2.75) is 45.3 Å². The number of rotatable bonds is 8. The zero-order valence-electron chi connectivity index (χ0n) is 10.3. The van der Waals surface area contributed by atoms with Gasteiger partial charge in [0.2, 0.25) is 0 Å². The molecule has 4 heteroatoms. The van der Waals surface area contributed by atoms with Crippen LogP contribution in [0.3, 0.4) is 0 Å². The Morgan fingerprint density at radius 2 is 1.67 bits per heavy atom. The third kappa shape index (κ3) is 7.71. The van der Waals surface area contributed by atoms with Crippen molar-refractivity contribution in [2.24, 2.45) is 5.73 Å². The van der Waals surface area contributed by atoms with E-state index >= 15 is 0 Å². The molecule has 0 radical (unpaired) electrons. The van der Waals surface area contributed by atoms with Gasteiger partial charge in [0.1, 0.15) is 0 Å². The average molecular weight is 221 g/mol. The number of hydrogen-bond acceptors (Lipinski definition) is 3. The Hall–Kier alpha value is -0.190. The predicted octanol–water partition coefficient (Wildman–Crippen LogP) is 1.90. The van der Waals surface area contributed by atoms with Crippen molar-refractivity contribution in [3.8, 4) is 0 Å². The van der Waals surface area contributed by atoms with Gasteiger partial charge in [-0.15, -0.1) is 0 Å². The molecule has 0 atom stereocenters. The largest absolute Gasteiger partial charge is 0.373 e. The van der Waals surface area contributed by atoms with Crippen LogP contribution >= 0.6 is 0 Å². The third-order valence-corrected chi connectivity index (χ3v) is 2.12. The van der Waals surface area contributed by atoms with Gasteiger partial charge >= 0.3 is 0 Å². The van der Waals surface area contributed by atoms with Crippen molar-refractivity contribution in [1.29, 1.82) is 0 Å². The van der Waals surface area contributed by atoms with Crippen molar-refractivity contribution in [3.05, 3.63) is 0 Å². The van der Waals surface area contributed by atoms with Crippen LogP contribution in [0.5, 0.6) is 0 Å². The Balaban J connectivity index is 3.90. The summed E-state index contributed by atoms with van der Waals surface area (Å²) in [6.07, 6.45) is 0.403. The van der Waals surface area contributed by atoms with E-state index in [4.69, 9.17) is 15.2 Å². The molecule has 92 valence electrons. The SMILES string of the molecule is CC(C)(CCF)OCC(C)(C)OCCN. The molecule has 3 nitrogen and oxygen atoms in total. The van der Waals surface area contributed by atoms with E-state index in [1.54, 1.807) is 0 Å². The van der Waals surface area contributed by atoms with Crippen molar-refractivity contribution < 1.29 is 13.9 Å². The Kier molecular flexibility index (Phi) is 6.32. The summed E-state index contributed by atoms with van der Waals surface area (Å²) in [7, 11) is 0. The fourth-order valence-electron chi connectivity index (χ4n) is 1.05. The molecule has 0 rings (SSSR count). The van der Waals surface area contributed by atoms with E-state index in [0.717, 1.165) is 0 Å². The van der Waals surface area contributed by atoms with Crippen LogP contribution in [0, 0.1) is 0 Å². The highest BCUT2D eigenvalue weighted by Crippen LogP contribution is 2.19. The summed E-state index contributed by atoms with van der Waals surface area (Å²) in [6.45, 7) is 8.73. The maximum Gasteiger partial charge on any atom is 0.0921 e. The van der Waals surface area contributed by atoms with Crippen LogP contribution in [-0.4, -0.2) is 37.6 Å². The van der Waals surface area contributed by atoms with Gasteiger partial charge in [-0.2, -0.15) is 0 Å². The Morgan fingerprint density at radius 3 is 2.13 bits per heavy atom. The van der Waals surface area contributed by atoms with Crippen LogP contribution in [0.25, 0.3) is 0 Å². The van der Waals surface area contributed by atoms with Crippen LogP contribution < -0.4 is 5.73 Å². The topological polar surface area (TPSA) is 44.5 Å². The summed E-state index contributed by atoms with van der Waals surface area (Å²) < 4.78 is 23.3. The summed E-state index contributed by atoms with van der Waals surface area (Å²) in [6, 6.07) is 0. The monoisotopic (exact) mass is 221 g/mol. The highest BCUT2D eigenvalue weighted by Gasteiger charge is 2.25. The summed E-state index contributed by atoms with van der Waals surface area (Å²) in [5, 5.41) is 0. The van der Waals surface area contributed by atoms with Gasteiger partial charge in [0.05, 0.1) is 31.1 Å². The van der Waals surface area contributed by atoms with Gasteiger partial charge in [0.25, 0.3) is 0 Å². The summed E-state index contributed by atoms with van der Waals surface area (Å²) in [5.74, 6) is 0. The molecule has 0 heterocycles. The third-order valence-electron chi connectivity index (χ3n) is 2.12. The first-order valence-corrected chi connectivity index (χ1v) is 5.37. The standard InChI is InChI=1S/C11H24FNO2/c1-10(2,5-6-12)15-9-11(3,4)14-8-7-13/h5-9,13H2,1-4H3. The molecule has 2 N–H and O–H groups in total. The van der Waals surface area contributed by atoms with Gasteiger partial charge in [0, 0.05) is 13.0 Å². The maximum atomic E-state index is 12.2. The summed E-state index contributed by atoms with van der Waals surface area (Å²) in [5.41, 5.74) is 4.55. The fraction of sp³-hybridized carbons (Fsp3) is 1.00. The second-order valence-corrected chi connectivity index (χ2v) is 4.88. The lowest BCUT2D eigenvalue weighted by Gasteiger charge is -2.31. The van der Waals surface area contributed by atoms with Crippen LogP contribution in [-0.2, 0) is 9.47 Å². The van der Waals surface area contributed by atoms with Gasteiger partial charge in [-0.05, 0) is 27.7 Å². The quantitative estimate of drug-likeness (QED) is 0.681. The van der Waals surface area contributed by atoms with Crippen molar-refractivity contribution in [1.82, 2.24) is 0 Å². The van der Waals surface area contributed by atoms with E-state index in [-0.39, 0.29) is 12.3 Å². The minimum atomic E-state index is -0.432. The van der Waals surface area contributed by atoms with E-state index in [0.29, 0.717) is 26.2 Å². The van der Waals surface area contributed by atoms with Crippen molar-refractivity contribution in [3.63, 3.8) is 0 Å². The molecule has 0 aliphatic heterocycles. The number of halogens is 1. The van der Waals surface area contributed by atoms with Gasteiger partial charge in [0.15, 0.2) is 0 Å². The van der Waals surface area contributed by atoms with E-state index < -0.39 is 5.60 Å². The number of nitrogens with two attached hydrogens (primary N) is 1. The van der Waals surface area contributed by atoms with Gasteiger partial charge in [-0.1, -0.05) is 0 Å². The molecule has 0 aromatic rings. The first-order valence-electron chi connectivity index (χ1n) is 5.37. The molecule has 0 unspecified atom stereocenters. The molecular weight excluding hydrogens is 197 g/mol. The van der Waals surface area contributed by atoms with Crippen LogP contribution in [0.4, 0.5) is 4.39 Å². The highest BCUT2D eigenvalue weighted by atomic mass is 19.1. The number of ether oxygens (including phenoxy) is 2. The Labute approximate surface area is 92.1 Å². The van der Waals surface area contributed by atoms with E-state index in [1.807, 2.05) is 27.7 Å². The average Bonchev–Trinajstić information content (AvgIpc) is 2.12. The molecule has 0 aromatic heterocycles. The first kappa shape index (κ1) is 14.8. The molecule has 0 aromatic carbocycles. The highest BCUT2D eigenvalue weighted by molar-refractivity contribution is 4.73. The summed E-state index contributed by atoms with van der Waals surface area (Å²) in [4.78, 5) is 0. The molecule has 0 aliphatic carbocycles. The molecule has 0 saturated heterocycles. The summed E-state index contributed by atoms with van der Waals surface area (Å²) >= 11 is 0. The predicted molar refractivity (Wildman–Crippen MR) is 59.7 cm³/mol.